The van der Waals surface area contributed by atoms with Gasteiger partial charge in [-0.2, -0.15) is 0 Å². The van der Waals surface area contributed by atoms with Crippen molar-refractivity contribution in [1.82, 2.24) is 9.47 Å². The van der Waals surface area contributed by atoms with Gasteiger partial charge in [0.2, 0.25) is 0 Å². The van der Waals surface area contributed by atoms with Crippen molar-refractivity contribution in [3.8, 4) is 16.9 Å². The van der Waals surface area contributed by atoms with Crippen molar-refractivity contribution in [2.45, 2.75) is 13.0 Å². The fraction of sp³-hybridized carbons (Fsp3) is 0.320. The van der Waals surface area contributed by atoms with Gasteiger partial charge in [-0.25, -0.2) is 4.39 Å². The molecule has 1 aliphatic heterocycles. The van der Waals surface area contributed by atoms with Gasteiger partial charge in [-0.05, 0) is 47.9 Å². The number of aromatic nitrogens is 1. The molecule has 3 aromatic rings. The molecule has 1 fully saturated rings. The standard InChI is InChI=1S/C25H26ClFN2O3.ClH/c26-22-6-2-21(24(27)16-22)18-29-17-20(5-9-25(29)30)19-3-7-23(8-4-19)32-13-1-10-28-11-14-31-15-12-28;/h2-9,16-17H,1,10-15,18H2;1H. The van der Waals surface area contributed by atoms with Gasteiger partial charge in [0.25, 0.3) is 5.56 Å². The van der Waals surface area contributed by atoms with E-state index in [4.69, 9.17) is 21.1 Å². The quantitative estimate of drug-likeness (QED) is 0.420. The van der Waals surface area contributed by atoms with E-state index >= 15 is 0 Å². The minimum Gasteiger partial charge on any atom is -0.494 e. The second-order valence-electron chi connectivity index (χ2n) is 7.80. The average molecular weight is 493 g/mol. The van der Waals surface area contributed by atoms with Crippen LogP contribution in [0.25, 0.3) is 11.1 Å². The Morgan fingerprint density at radius 2 is 1.73 bits per heavy atom. The molecular formula is C25H27Cl2FN2O3. The molecule has 0 spiro atoms. The Kier molecular flexibility index (Phi) is 9.32. The number of hydrogen-bond acceptors (Lipinski definition) is 4. The zero-order chi connectivity index (χ0) is 22.3. The fourth-order valence-corrected chi connectivity index (χ4v) is 3.86. The molecule has 0 aliphatic carbocycles. The van der Waals surface area contributed by atoms with Crippen LogP contribution in [0.3, 0.4) is 0 Å². The Labute approximate surface area is 204 Å². The molecule has 1 aromatic heterocycles. The van der Waals surface area contributed by atoms with Gasteiger partial charge >= 0.3 is 0 Å². The molecular weight excluding hydrogens is 466 g/mol. The van der Waals surface area contributed by atoms with Crippen LogP contribution in [-0.2, 0) is 11.3 Å². The summed E-state index contributed by atoms with van der Waals surface area (Å²) >= 11 is 5.82. The topological polar surface area (TPSA) is 43.7 Å². The lowest BCUT2D eigenvalue weighted by Crippen LogP contribution is -2.37. The summed E-state index contributed by atoms with van der Waals surface area (Å²) < 4.78 is 26.9. The Morgan fingerprint density at radius 3 is 2.45 bits per heavy atom. The van der Waals surface area contributed by atoms with Crippen LogP contribution in [0.15, 0.2) is 65.6 Å². The number of benzene rings is 2. The van der Waals surface area contributed by atoms with Crippen molar-refractivity contribution in [2.75, 3.05) is 39.5 Å². The van der Waals surface area contributed by atoms with Crippen LogP contribution in [0.5, 0.6) is 5.75 Å². The Bertz CT molecular complexity index is 1100. The normalized spacial score (nSPS) is 14.0. The number of hydrogen-bond donors (Lipinski definition) is 0. The first-order valence-corrected chi connectivity index (χ1v) is 11.1. The minimum atomic E-state index is -0.426. The first-order chi connectivity index (χ1) is 15.6. The Morgan fingerprint density at radius 1 is 1.00 bits per heavy atom. The summed E-state index contributed by atoms with van der Waals surface area (Å²) in [5, 5.41) is 0.329. The molecule has 176 valence electrons. The van der Waals surface area contributed by atoms with E-state index in [1.807, 2.05) is 24.3 Å². The number of pyridine rings is 1. The number of nitrogens with zero attached hydrogens (tertiary/aromatic N) is 2. The van der Waals surface area contributed by atoms with Gasteiger partial charge in [0, 0.05) is 42.5 Å². The molecule has 2 aromatic carbocycles. The van der Waals surface area contributed by atoms with Crippen molar-refractivity contribution >= 4 is 24.0 Å². The summed E-state index contributed by atoms with van der Waals surface area (Å²) in [6.07, 6.45) is 2.71. The molecule has 0 radical (unpaired) electrons. The molecule has 0 unspecified atom stereocenters. The lowest BCUT2D eigenvalue weighted by atomic mass is 10.1. The summed E-state index contributed by atoms with van der Waals surface area (Å²) in [4.78, 5) is 14.7. The highest BCUT2D eigenvalue weighted by Crippen LogP contribution is 2.22. The first-order valence-electron chi connectivity index (χ1n) is 10.8. The molecule has 2 heterocycles. The van der Waals surface area contributed by atoms with Crippen LogP contribution in [0.1, 0.15) is 12.0 Å². The van der Waals surface area contributed by atoms with Gasteiger partial charge in [0.05, 0.1) is 26.4 Å². The van der Waals surface area contributed by atoms with Crippen LogP contribution in [0, 0.1) is 5.82 Å². The Balaban J connectivity index is 0.00000306. The maximum absolute atomic E-state index is 14.1. The third kappa shape index (κ3) is 7.05. The van der Waals surface area contributed by atoms with Crippen LogP contribution < -0.4 is 10.3 Å². The van der Waals surface area contributed by atoms with Crippen LogP contribution in [0.2, 0.25) is 5.02 Å². The van der Waals surface area contributed by atoms with Gasteiger partial charge in [0.15, 0.2) is 0 Å². The number of ether oxygens (including phenoxy) is 2. The van der Waals surface area contributed by atoms with Gasteiger partial charge in [0.1, 0.15) is 11.6 Å². The third-order valence-corrected chi connectivity index (χ3v) is 5.75. The SMILES string of the molecule is Cl.O=c1ccc(-c2ccc(OCCCN3CCOCC3)cc2)cn1Cc1ccc(Cl)cc1F. The molecule has 0 amide bonds. The van der Waals surface area contributed by atoms with E-state index in [9.17, 15) is 9.18 Å². The molecule has 0 N–H and O–H groups in total. The van der Waals surface area contributed by atoms with E-state index in [1.165, 1.54) is 16.7 Å². The largest absolute Gasteiger partial charge is 0.494 e. The lowest BCUT2D eigenvalue weighted by molar-refractivity contribution is 0.0358. The molecule has 0 bridgehead atoms. The molecule has 33 heavy (non-hydrogen) atoms. The summed E-state index contributed by atoms with van der Waals surface area (Å²) in [5.74, 6) is 0.386. The molecule has 8 heteroatoms. The van der Waals surface area contributed by atoms with E-state index in [0.29, 0.717) is 17.2 Å². The molecule has 1 aliphatic rings. The average Bonchev–Trinajstić information content (AvgIpc) is 2.81. The van der Waals surface area contributed by atoms with Crippen molar-refractivity contribution < 1.29 is 13.9 Å². The van der Waals surface area contributed by atoms with Gasteiger partial charge in [-0.1, -0.05) is 29.8 Å². The Hall–Kier alpha value is -2.38. The maximum Gasteiger partial charge on any atom is 0.250 e. The van der Waals surface area contributed by atoms with Crippen molar-refractivity contribution in [3.63, 3.8) is 0 Å². The minimum absolute atomic E-state index is 0. The summed E-state index contributed by atoms with van der Waals surface area (Å²) in [5.41, 5.74) is 2.05. The zero-order valence-corrected chi connectivity index (χ0v) is 19.8. The first kappa shape index (κ1) is 25.2. The number of morpholine rings is 1. The van der Waals surface area contributed by atoms with Crippen molar-refractivity contribution in [2.24, 2.45) is 0 Å². The predicted octanol–water partition coefficient (Wildman–Crippen LogP) is 4.88. The van der Waals surface area contributed by atoms with Crippen molar-refractivity contribution in [3.05, 3.63) is 87.6 Å². The van der Waals surface area contributed by atoms with Gasteiger partial charge in [-0.15, -0.1) is 12.4 Å². The van der Waals surface area contributed by atoms with E-state index in [2.05, 4.69) is 4.90 Å². The van der Waals surface area contributed by atoms with Crippen LogP contribution >= 0.6 is 24.0 Å². The molecule has 4 rings (SSSR count). The second-order valence-corrected chi connectivity index (χ2v) is 8.24. The number of rotatable bonds is 8. The number of halogens is 3. The third-order valence-electron chi connectivity index (χ3n) is 5.52. The summed E-state index contributed by atoms with van der Waals surface area (Å²) in [6, 6.07) is 15.5. The van der Waals surface area contributed by atoms with Crippen LogP contribution in [0.4, 0.5) is 4.39 Å². The highest BCUT2D eigenvalue weighted by Gasteiger charge is 2.10. The summed E-state index contributed by atoms with van der Waals surface area (Å²) in [7, 11) is 0. The lowest BCUT2D eigenvalue weighted by Gasteiger charge is -2.26. The monoisotopic (exact) mass is 492 g/mol. The zero-order valence-electron chi connectivity index (χ0n) is 18.2. The maximum atomic E-state index is 14.1. The van der Waals surface area contributed by atoms with E-state index < -0.39 is 5.82 Å². The highest BCUT2D eigenvalue weighted by molar-refractivity contribution is 6.30. The smallest absolute Gasteiger partial charge is 0.250 e. The van der Waals surface area contributed by atoms with Crippen molar-refractivity contribution in [1.29, 1.82) is 0 Å². The summed E-state index contributed by atoms with van der Waals surface area (Å²) in [6.45, 7) is 5.41. The molecule has 0 saturated carbocycles. The molecule has 1 saturated heterocycles. The van der Waals surface area contributed by atoms with E-state index in [1.54, 1.807) is 24.4 Å². The van der Waals surface area contributed by atoms with Gasteiger partial charge < -0.3 is 14.0 Å². The predicted molar refractivity (Wildman–Crippen MR) is 131 cm³/mol. The van der Waals surface area contributed by atoms with E-state index in [0.717, 1.165) is 56.1 Å². The fourth-order valence-electron chi connectivity index (χ4n) is 3.71. The van der Waals surface area contributed by atoms with Crippen LogP contribution in [-0.4, -0.2) is 48.9 Å². The van der Waals surface area contributed by atoms with Gasteiger partial charge in [-0.3, -0.25) is 9.69 Å². The molecule has 5 nitrogen and oxygen atoms in total. The second kappa shape index (κ2) is 12.2. The molecule has 0 atom stereocenters. The highest BCUT2D eigenvalue weighted by atomic mass is 35.5. The van der Waals surface area contributed by atoms with E-state index in [-0.39, 0.29) is 24.5 Å².